The number of ether oxygens (including phenoxy) is 1. The predicted octanol–water partition coefficient (Wildman–Crippen LogP) is 0.487. The Labute approximate surface area is 76.5 Å². The van der Waals surface area contributed by atoms with Crippen molar-refractivity contribution in [3.05, 3.63) is 11.3 Å². The lowest BCUT2D eigenvalue weighted by Gasteiger charge is -2.00. The zero-order valence-corrected chi connectivity index (χ0v) is 8.00. The summed E-state index contributed by atoms with van der Waals surface area (Å²) in [7, 11) is 1.73. The Morgan fingerprint density at radius 1 is 1.69 bits per heavy atom. The van der Waals surface area contributed by atoms with Crippen molar-refractivity contribution in [1.29, 1.82) is 0 Å². The molecule has 5 nitrogen and oxygen atoms in total. The lowest BCUT2D eigenvalue weighted by atomic mass is 10.2. The van der Waals surface area contributed by atoms with Gasteiger partial charge in [0.2, 0.25) is 0 Å². The molecule has 0 radical (unpaired) electrons. The standard InChI is InChI=1S/C8H13N3O2/c1-4-13-8(12)6-5(2)11(3)10-7(6)9/h4H2,1-3H3,(H2,9,10). The molecule has 1 aromatic heterocycles. The topological polar surface area (TPSA) is 70.1 Å². The van der Waals surface area contributed by atoms with Gasteiger partial charge in [-0.05, 0) is 13.8 Å². The lowest BCUT2D eigenvalue weighted by Crippen LogP contribution is -2.08. The van der Waals surface area contributed by atoms with Crippen LogP contribution in [0.5, 0.6) is 0 Å². The highest BCUT2D eigenvalue weighted by atomic mass is 16.5. The largest absolute Gasteiger partial charge is 0.462 e. The van der Waals surface area contributed by atoms with Crippen LogP contribution < -0.4 is 5.73 Å². The molecule has 0 aliphatic heterocycles. The molecule has 2 N–H and O–H groups in total. The minimum Gasteiger partial charge on any atom is -0.462 e. The van der Waals surface area contributed by atoms with Gasteiger partial charge in [-0.25, -0.2) is 4.79 Å². The van der Waals surface area contributed by atoms with Gasteiger partial charge < -0.3 is 10.5 Å². The molecular weight excluding hydrogens is 170 g/mol. The molecule has 13 heavy (non-hydrogen) atoms. The molecule has 1 aromatic rings. The van der Waals surface area contributed by atoms with Gasteiger partial charge in [0.15, 0.2) is 5.82 Å². The van der Waals surface area contributed by atoms with E-state index in [0.717, 1.165) is 5.69 Å². The van der Waals surface area contributed by atoms with Crippen LogP contribution in [0.2, 0.25) is 0 Å². The van der Waals surface area contributed by atoms with Crippen LogP contribution in [0.3, 0.4) is 0 Å². The third kappa shape index (κ3) is 1.63. The van der Waals surface area contributed by atoms with Crippen molar-refractivity contribution in [2.75, 3.05) is 12.3 Å². The Balaban J connectivity index is 3.06. The van der Waals surface area contributed by atoms with Crippen LogP contribution in [0.4, 0.5) is 5.82 Å². The molecule has 0 amide bonds. The average Bonchev–Trinajstić information content (AvgIpc) is 2.27. The van der Waals surface area contributed by atoms with Crippen molar-refractivity contribution in [3.8, 4) is 0 Å². The Kier molecular flexibility index (Phi) is 2.55. The maximum absolute atomic E-state index is 11.3. The molecule has 72 valence electrons. The summed E-state index contributed by atoms with van der Waals surface area (Å²) in [6, 6.07) is 0. The summed E-state index contributed by atoms with van der Waals surface area (Å²) >= 11 is 0. The molecule has 0 bridgehead atoms. The van der Waals surface area contributed by atoms with E-state index in [0.29, 0.717) is 12.2 Å². The van der Waals surface area contributed by atoms with Crippen LogP contribution in [-0.4, -0.2) is 22.4 Å². The number of nitrogens with zero attached hydrogens (tertiary/aromatic N) is 2. The van der Waals surface area contributed by atoms with Gasteiger partial charge >= 0.3 is 5.97 Å². The number of carbonyl (C=O) groups excluding carboxylic acids is 1. The van der Waals surface area contributed by atoms with Gasteiger partial charge in [0.1, 0.15) is 5.56 Å². The first kappa shape index (κ1) is 9.57. The minimum atomic E-state index is -0.411. The van der Waals surface area contributed by atoms with E-state index in [-0.39, 0.29) is 5.82 Å². The van der Waals surface area contributed by atoms with Crippen molar-refractivity contribution < 1.29 is 9.53 Å². The molecule has 0 aliphatic rings. The molecule has 1 rings (SSSR count). The van der Waals surface area contributed by atoms with E-state index in [2.05, 4.69) is 5.10 Å². The van der Waals surface area contributed by atoms with E-state index in [1.807, 2.05) is 0 Å². The molecule has 0 aromatic carbocycles. The number of nitrogen functional groups attached to an aromatic ring is 1. The fraction of sp³-hybridized carbons (Fsp3) is 0.500. The van der Waals surface area contributed by atoms with E-state index in [1.54, 1.807) is 25.6 Å². The molecule has 5 heteroatoms. The maximum Gasteiger partial charge on any atom is 0.343 e. The van der Waals surface area contributed by atoms with Crippen molar-refractivity contribution in [3.63, 3.8) is 0 Å². The SMILES string of the molecule is CCOC(=O)c1c(N)nn(C)c1C. The smallest absolute Gasteiger partial charge is 0.343 e. The summed E-state index contributed by atoms with van der Waals surface area (Å²) in [5.41, 5.74) is 6.62. The van der Waals surface area contributed by atoms with Gasteiger partial charge in [-0.3, -0.25) is 4.68 Å². The third-order valence-corrected chi connectivity index (χ3v) is 1.84. The second-order valence-corrected chi connectivity index (χ2v) is 2.69. The average molecular weight is 183 g/mol. The lowest BCUT2D eigenvalue weighted by molar-refractivity contribution is 0.0526. The van der Waals surface area contributed by atoms with Crippen molar-refractivity contribution in [2.45, 2.75) is 13.8 Å². The minimum absolute atomic E-state index is 0.221. The first-order valence-corrected chi connectivity index (χ1v) is 4.04. The molecule has 0 saturated heterocycles. The van der Waals surface area contributed by atoms with Crippen molar-refractivity contribution >= 4 is 11.8 Å². The summed E-state index contributed by atoms with van der Waals surface area (Å²) in [5.74, 6) is -0.191. The van der Waals surface area contributed by atoms with E-state index in [1.165, 1.54) is 0 Å². The normalized spacial score (nSPS) is 10.1. The second-order valence-electron chi connectivity index (χ2n) is 2.69. The van der Waals surface area contributed by atoms with E-state index < -0.39 is 5.97 Å². The predicted molar refractivity (Wildman–Crippen MR) is 48.3 cm³/mol. The highest BCUT2D eigenvalue weighted by Gasteiger charge is 2.18. The van der Waals surface area contributed by atoms with Crippen molar-refractivity contribution in [2.24, 2.45) is 7.05 Å². The number of carbonyl (C=O) groups is 1. The number of hydrogen-bond donors (Lipinski definition) is 1. The highest BCUT2D eigenvalue weighted by Crippen LogP contribution is 2.15. The number of nitrogens with two attached hydrogens (primary N) is 1. The Morgan fingerprint density at radius 3 is 2.69 bits per heavy atom. The monoisotopic (exact) mass is 183 g/mol. The Bertz CT molecular complexity index is 330. The number of aryl methyl sites for hydroxylation is 1. The maximum atomic E-state index is 11.3. The summed E-state index contributed by atoms with van der Waals surface area (Å²) in [5, 5.41) is 3.91. The zero-order valence-electron chi connectivity index (χ0n) is 8.00. The Hall–Kier alpha value is -1.52. The highest BCUT2D eigenvalue weighted by molar-refractivity contribution is 5.95. The first-order valence-electron chi connectivity index (χ1n) is 4.04. The first-order chi connectivity index (χ1) is 6.07. The summed E-state index contributed by atoms with van der Waals surface area (Å²) in [6.07, 6.45) is 0. The molecule has 1 heterocycles. The zero-order chi connectivity index (χ0) is 10.0. The van der Waals surface area contributed by atoms with Crippen molar-refractivity contribution in [1.82, 2.24) is 9.78 Å². The van der Waals surface area contributed by atoms with Crippen LogP contribution in [0, 0.1) is 6.92 Å². The van der Waals surface area contributed by atoms with Gasteiger partial charge in [0.05, 0.1) is 12.3 Å². The van der Waals surface area contributed by atoms with Gasteiger partial charge in [0.25, 0.3) is 0 Å². The number of aromatic nitrogens is 2. The number of rotatable bonds is 2. The van der Waals surface area contributed by atoms with E-state index >= 15 is 0 Å². The van der Waals surface area contributed by atoms with Gasteiger partial charge in [0, 0.05) is 7.05 Å². The molecule has 0 fully saturated rings. The molecule has 0 spiro atoms. The van der Waals surface area contributed by atoms with Crippen LogP contribution in [0.15, 0.2) is 0 Å². The molecule has 0 atom stereocenters. The van der Waals surface area contributed by atoms with Gasteiger partial charge in [-0.1, -0.05) is 0 Å². The molecule has 0 unspecified atom stereocenters. The fourth-order valence-electron chi connectivity index (χ4n) is 1.09. The van der Waals surface area contributed by atoms with Crippen LogP contribution in [-0.2, 0) is 11.8 Å². The second kappa shape index (κ2) is 3.47. The van der Waals surface area contributed by atoms with Gasteiger partial charge in [-0.15, -0.1) is 0 Å². The van der Waals surface area contributed by atoms with E-state index in [9.17, 15) is 4.79 Å². The number of hydrogen-bond acceptors (Lipinski definition) is 4. The van der Waals surface area contributed by atoms with Gasteiger partial charge in [-0.2, -0.15) is 5.10 Å². The summed E-state index contributed by atoms with van der Waals surface area (Å²) < 4.78 is 6.39. The van der Waals surface area contributed by atoms with E-state index in [4.69, 9.17) is 10.5 Å². The number of esters is 1. The van der Waals surface area contributed by atoms with Crippen LogP contribution in [0.25, 0.3) is 0 Å². The molecule has 0 aliphatic carbocycles. The summed E-state index contributed by atoms with van der Waals surface area (Å²) in [6.45, 7) is 3.86. The summed E-state index contributed by atoms with van der Waals surface area (Å²) in [4.78, 5) is 11.3. The third-order valence-electron chi connectivity index (χ3n) is 1.84. The van der Waals surface area contributed by atoms with Crippen LogP contribution in [0.1, 0.15) is 23.0 Å². The fourth-order valence-corrected chi connectivity index (χ4v) is 1.09. The quantitative estimate of drug-likeness (QED) is 0.677. The Morgan fingerprint density at radius 2 is 2.31 bits per heavy atom. The molecular formula is C8H13N3O2. The molecule has 0 saturated carbocycles. The number of anilines is 1. The van der Waals surface area contributed by atoms with Crippen LogP contribution >= 0.6 is 0 Å².